The summed E-state index contributed by atoms with van der Waals surface area (Å²) < 4.78 is 1.97. The highest BCUT2D eigenvalue weighted by molar-refractivity contribution is 7.98. The lowest BCUT2D eigenvalue weighted by Crippen LogP contribution is -2.20. The summed E-state index contributed by atoms with van der Waals surface area (Å²) in [6, 6.07) is 18.7. The van der Waals surface area contributed by atoms with Crippen molar-refractivity contribution >= 4 is 22.5 Å². The van der Waals surface area contributed by atoms with Gasteiger partial charge in [-0.25, -0.2) is 15.0 Å². The number of aromatic nitrogens is 4. The summed E-state index contributed by atoms with van der Waals surface area (Å²) in [5, 5.41) is 12.7. The third kappa shape index (κ3) is 3.14. The minimum atomic E-state index is -0.716. The van der Waals surface area contributed by atoms with E-state index in [4.69, 9.17) is 0 Å². The third-order valence-corrected chi connectivity index (χ3v) is 5.28. The molecule has 5 nitrogen and oxygen atoms in total. The predicted octanol–water partition coefficient (Wildman–Crippen LogP) is 5.01. The van der Waals surface area contributed by atoms with E-state index in [9.17, 15) is 5.26 Å². The van der Waals surface area contributed by atoms with Gasteiger partial charge in [-0.05, 0) is 43.0 Å². The SMILES string of the molecule is CSc1nccc(-n2c(C(C)(C)C#N)cnc2-c2ccc3ccccc3c2)n1. The number of hydrogen-bond donors (Lipinski definition) is 0. The fraction of sp³-hybridized carbons (Fsp3) is 0.182. The lowest BCUT2D eigenvalue weighted by molar-refractivity contribution is 0.637. The number of thioether (sulfide) groups is 1. The van der Waals surface area contributed by atoms with Crippen molar-refractivity contribution in [1.29, 1.82) is 5.26 Å². The van der Waals surface area contributed by atoms with E-state index < -0.39 is 5.41 Å². The molecule has 0 radical (unpaired) electrons. The van der Waals surface area contributed by atoms with Gasteiger partial charge in [0, 0.05) is 11.8 Å². The summed E-state index contributed by atoms with van der Waals surface area (Å²) >= 11 is 1.48. The zero-order valence-electron chi connectivity index (χ0n) is 15.9. The molecule has 0 aliphatic rings. The molecule has 0 aliphatic carbocycles. The van der Waals surface area contributed by atoms with Crippen molar-refractivity contribution in [3.05, 3.63) is 66.6 Å². The Morgan fingerprint density at radius 2 is 1.82 bits per heavy atom. The Hall–Kier alpha value is -3.17. The van der Waals surface area contributed by atoms with Gasteiger partial charge in [-0.3, -0.25) is 4.57 Å². The van der Waals surface area contributed by atoms with Crippen molar-refractivity contribution in [3.63, 3.8) is 0 Å². The van der Waals surface area contributed by atoms with E-state index in [0.717, 1.165) is 22.5 Å². The van der Waals surface area contributed by atoms with E-state index in [-0.39, 0.29) is 0 Å². The molecular weight excluding hydrogens is 366 g/mol. The van der Waals surface area contributed by atoms with Crippen LogP contribution < -0.4 is 0 Å². The van der Waals surface area contributed by atoms with E-state index in [1.165, 1.54) is 17.1 Å². The molecule has 2 aromatic heterocycles. The van der Waals surface area contributed by atoms with Gasteiger partial charge in [0.1, 0.15) is 11.6 Å². The topological polar surface area (TPSA) is 67.4 Å². The molecule has 0 aliphatic heterocycles. The van der Waals surface area contributed by atoms with Crippen molar-refractivity contribution in [2.24, 2.45) is 0 Å². The molecule has 0 atom stereocenters. The molecule has 0 fully saturated rings. The quantitative estimate of drug-likeness (QED) is 0.365. The van der Waals surface area contributed by atoms with Crippen LogP contribution in [0.25, 0.3) is 28.0 Å². The molecule has 138 valence electrons. The van der Waals surface area contributed by atoms with Crippen LogP contribution in [0, 0.1) is 11.3 Å². The Labute approximate surface area is 168 Å². The summed E-state index contributed by atoms with van der Waals surface area (Å²) in [7, 11) is 0. The molecule has 0 unspecified atom stereocenters. The third-order valence-electron chi connectivity index (χ3n) is 4.72. The van der Waals surface area contributed by atoms with Gasteiger partial charge in [0.2, 0.25) is 0 Å². The molecule has 6 heteroatoms. The fourth-order valence-electron chi connectivity index (χ4n) is 3.17. The first-order valence-electron chi connectivity index (χ1n) is 8.89. The fourth-order valence-corrected chi connectivity index (χ4v) is 3.52. The van der Waals surface area contributed by atoms with Crippen LogP contribution in [0.4, 0.5) is 0 Å². The zero-order valence-corrected chi connectivity index (χ0v) is 16.7. The van der Waals surface area contributed by atoms with Crippen molar-refractivity contribution in [2.45, 2.75) is 24.4 Å². The van der Waals surface area contributed by atoms with E-state index in [1.54, 1.807) is 12.4 Å². The average Bonchev–Trinajstić information content (AvgIpc) is 3.19. The second kappa shape index (κ2) is 7.10. The summed E-state index contributed by atoms with van der Waals surface area (Å²) in [6.07, 6.45) is 5.45. The molecule has 4 aromatic rings. The van der Waals surface area contributed by atoms with Gasteiger partial charge in [-0.15, -0.1) is 0 Å². The number of fused-ring (bicyclic) bond motifs is 1. The van der Waals surface area contributed by atoms with Crippen molar-refractivity contribution < 1.29 is 0 Å². The second-order valence-electron chi connectivity index (χ2n) is 7.00. The number of imidazole rings is 1. The number of hydrogen-bond acceptors (Lipinski definition) is 5. The standard InChI is InChI=1S/C22H19N5S/c1-22(2,14-23)18-13-25-20(27(18)19-10-11-24-21(26-19)28-3)17-9-8-15-6-4-5-7-16(15)12-17/h4-13H,1-3H3. The van der Waals surface area contributed by atoms with Gasteiger partial charge in [0.05, 0.1) is 23.4 Å². The highest BCUT2D eigenvalue weighted by Gasteiger charge is 2.28. The first kappa shape index (κ1) is 18.2. The van der Waals surface area contributed by atoms with E-state index in [2.05, 4.69) is 51.4 Å². The second-order valence-corrected chi connectivity index (χ2v) is 7.78. The first-order valence-corrected chi connectivity index (χ1v) is 10.1. The van der Waals surface area contributed by atoms with E-state index in [1.807, 2.05) is 42.9 Å². The highest BCUT2D eigenvalue weighted by atomic mass is 32.2. The highest BCUT2D eigenvalue weighted by Crippen LogP contribution is 2.32. The maximum atomic E-state index is 9.71. The number of nitrogens with zero attached hydrogens (tertiary/aromatic N) is 5. The minimum absolute atomic E-state index is 0.677. The smallest absolute Gasteiger partial charge is 0.189 e. The van der Waals surface area contributed by atoms with Crippen LogP contribution in [-0.2, 0) is 5.41 Å². The summed E-state index contributed by atoms with van der Waals surface area (Å²) in [5.74, 6) is 1.47. The Bertz CT molecular complexity index is 1200. The molecule has 2 aromatic carbocycles. The molecule has 0 N–H and O–H groups in total. The summed E-state index contributed by atoms with van der Waals surface area (Å²) in [6.45, 7) is 3.78. The van der Waals surface area contributed by atoms with Crippen molar-refractivity contribution in [3.8, 4) is 23.3 Å². The monoisotopic (exact) mass is 385 g/mol. The zero-order chi connectivity index (χ0) is 19.7. The largest absolute Gasteiger partial charge is 0.279 e. The molecule has 4 rings (SSSR count). The molecular formula is C22H19N5S. The number of rotatable bonds is 4. The van der Waals surface area contributed by atoms with Crippen molar-refractivity contribution in [2.75, 3.05) is 6.26 Å². The van der Waals surface area contributed by atoms with Crippen LogP contribution in [0.5, 0.6) is 0 Å². The Kier molecular flexibility index (Phi) is 4.62. The Balaban J connectivity index is 1.98. The van der Waals surface area contributed by atoms with E-state index >= 15 is 0 Å². The van der Waals surface area contributed by atoms with Gasteiger partial charge in [-0.2, -0.15) is 5.26 Å². The molecule has 0 saturated heterocycles. The van der Waals surface area contributed by atoms with Crippen molar-refractivity contribution in [1.82, 2.24) is 19.5 Å². The van der Waals surface area contributed by atoms with Crippen LogP contribution in [0.1, 0.15) is 19.5 Å². The molecule has 0 saturated carbocycles. The first-order chi connectivity index (χ1) is 13.5. The molecule has 28 heavy (non-hydrogen) atoms. The van der Waals surface area contributed by atoms with Gasteiger partial charge < -0.3 is 0 Å². The van der Waals surface area contributed by atoms with Gasteiger partial charge in [0.15, 0.2) is 5.16 Å². The number of benzene rings is 2. The van der Waals surface area contributed by atoms with Gasteiger partial charge in [0.25, 0.3) is 0 Å². The van der Waals surface area contributed by atoms with Crippen LogP contribution in [-0.4, -0.2) is 25.8 Å². The maximum Gasteiger partial charge on any atom is 0.189 e. The summed E-state index contributed by atoms with van der Waals surface area (Å²) in [4.78, 5) is 13.6. The van der Waals surface area contributed by atoms with Crippen LogP contribution in [0.3, 0.4) is 0 Å². The number of nitriles is 1. The van der Waals surface area contributed by atoms with Gasteiger partial charge >= 0.3 is 0 Å². The Morgan fingerprint density at radius 3 is 2.57 bits per heavy atom. The lowest BCUT2D eigenvalue weighted by Gasteiger charge is -2.19. The predicted molar refractivity (Wildman–Crippen MR) is 113 cm³/mol. The minimum Gasteiger partial charge on any atom is -0.279 e. The molecule has 2 heterocycles. The van der Waals surface area contributed by atoms with Crippen LogP contribution >= 0.6 is 11.8 Å². The van der Waals surface area contributed by atoms with Crippen LogP contribution in [0.15, 0.2) is 66.1 Å². The molecule has 0 amide bonds. The van der Waals surface area contributed by atoms with Gasteiger partial charge in [-0.1, -0.05) is 48.2 Å². The molecule has 0 bridgehead atoms. The average molecular weight is 385 g/mol. The Morgan fingerprint density at radius 1 is 1.04 bits per heavy atom. The molecule has 0 spiro atoms. The maximum absolute atomic E-state index is 9.71. The summed E-state index contributed by atoms with van der Waals surface area (Å²) in [5.41, 5.74) is 1.05. The normalized spacial score (nSPS) is 11.5. The van der Waals surface area contributed by atoms with Crippen LogP contribution in [0.2, 0.25) is 0 Å². The lowest BCUT2D eigenvalue weighted by atomic mass is 9.91. The van der Waals surface area contributed by atoms with E-state index in [0.29, 0.717) is 11.0 Å².